The lowest BCUT2D eigenvalue weighted by Gasteiger charge is -2.07. The first-order chi connectivity index (χ1) is 11.9. The van der Waals surface area contributed by atoms with Crippen molar-refractivity contribution in [1.82, 2.24) is 14.7 Å². The van der Waals surface area contributed by atoms with Gasteiger partial charge in [0.15, 0.2) is 0 Å². The van der Waals surface area contributed by atoms with Gasteiger partial charge in [0.1, 0.15) is 10.9 Å². The molecule has 1 aromatic heterocycles. The molecule has 2 aromatic rings. The number of aromatic nitrogens is 2. The van der Waals surface area contributed by atoms with Crippen LogP contribution in [0.25, 0.3) is 5.69 Å². The summed E-state index contributed by atoms with van der Waals surface area (Å²) in [5, 5.41) is 3.46. The largest absolute Gasteiger partial charge is 0.320 e. The van der Waals surface area contributed by atoms with Crippen LogP contribution in [-0.4, -0.2) is 31.7 Å². The van der Waals surface area contributed by atoms with Crippen LogP contribution in [0.3, 0.4) is 0 Å². The number of benzene rings is 1. The van der Waals surface area contributed by atoms with Crippen LogP contribution >= 0.6 is 11.8 Å². The minimum absolute atomic E-state index is 0.158. The topological polar surface area (TPSA) is 102 Å². The number of rotatable bonds is 4. The fraction of sp³-hybridized carbons (Fsp3) is 0.250. The highest BCUT2D eigenvalue weighted by Gasteiger charge is 2.33. The third kappa shape index (κ3) is 3.22. The van der Waals surface area contributed by atoms with Crippen molar-refractivity contribution < 1.29 is 14.4 Å². The predicted octanol–water partition coefficient (Wildman–Crippen LogP) is 1.16. The molecular formula is C16H16N4O4S. The van der Waals surface area contributed by atoms with E-state index in [1.54, 1.807) is 30.8 Å². The summed E-state index contributed by atoms with van der Waals surface area (Å²) in [4.78, 5) is 47.6. The smallest absolute Gasteiger partial charge is 0.295 e. The standard InChI is InChI=1S/C16H16N4O4S/c1-9-13(17-12(21)8-11-14(22)18-16(24)25-11)15(23)20(19(9)2)10-6-4-3-5-7-10/h3-7,11H,8H2,1-2H3,(H,17,21)(H,18,22,24). The summed E-state index contributed by atoms with van der Waals surface area (Å²) in [5.74, 6) is -0.981. The Hall–Kier alpha value is -2.81. The molecule has 3 rings (SSSR count). The molecule has 2 heterocycles. The van der Waals surface area contributed by atoms with Gasteiger partial charge in [0.2, 0.25) is 11.8 Å². The maximum Gasteiger partial charge on any atom is 0.295 e. The molecule has 2 N–H and O–H groups in total. The van der Waals surface area contributed by atoms with Gasteiger partial charge in [-0.15, -0.1) is 0 Å². The number of hydrogen-bond donors (Lipinski definition) is 2. The zero-order chi connectivity index (χ0) is 18.1. The van der Waals surface area contributed by atoms with Gasteiger partial charge in [-0.3, -0.25) is 29.2 Å². The molecule has 130 valence electrons. The zero-order valence-electron chi connectivity index (χ0n) is 13.6. The van der Waals surface area contributed by atoms with E-state index >= 15 is 0 Å². The van der Waals surface area contributed by atoms with Gasteiger partial charge in [-0.1, -0.05) is 30.0 Å². The fourth-order valence-electron chi connectivity index (χ4n) is 2.60. The number of thioether (sulfide) groups is 1. The highest BCUT2D eigenvalue weighted by Crippen LogP contribution is 2.22. The van der Waals surface area contributed by atoms with Crippen molar-refractivity contribution in [2.75, 3.05) is 5.32 Å². The molecule has 0 aliphatic carbocycles. The van der Waals surface area contributed by atoms with E-state index in [1.165, 1.54) is 4.68 Å². The van der Waals surface area contributed by atoms with Crippen LogP contribution in [0.4, 0.5) is 10.5 Å². The van der Waals surface area contributed by atoms with Gasteiger partial charge in [-0.25, -0.2) is 4.68 Å². The van der Waals surface area contributed by atoms with Gasteiger partial charge in [0.25, 0.3) is 10.8 Å². The molecule has 0 spiro atoms. The van der Waals surface area contributed by atoms with Crippen molar-refractivity contribution in [2.24, 2.45) is 7.05 Å². The molecule has 1 saturated heterocycles. The van der Waals surface area contributed by atoms with E-state index in [9.17, 15) is 19.2 Å². The number of para-hydroxylation sites is 1. The molecule has 1 aliphatic rings. The Morgan fingerprint density at radius 2 is 1.92 bits per heavy atom. The summed E-state index contributed by atoms with van der Waals surface area (Å²) in [6.45, 7) is 1.72. The van der Waals surface area contributed by atoms with Crippen molar-refractivity contribution in [3.05, 3.63) is 46.4 Å². The number of nitrogens with zero attached hydrogens (tertiary/aromatic N) is 2. The highest BCUT2D eigenvalue weighted by atomic mass is 32.2. The Morgan fingerprint density at radius 3 is 2.52 bits per heavy atom. The van der Waals surface area contributed by atoms with Crippen LogP contribution < -0.4 is 16.2 Å². The summed E-state index contributed by atoms with van der Waals surface area (Å²) < 4.78 is 3.10. The van der Waals surface area contributed by atoms with Gasteiger partial charge in [0.05, 0.1) is 11.4 Å². The molecule has 1 fully saturated rings. The Kier molecular flexibility index (Phi) is 4.49. The maximum atomic E-state index is 12.7. The lowest BCUT2D eigenvalue weighted by molar-refractivity contribution is -0.122. The van der Waals surface area contributed by atoms with E-state index in [0.717, 1.165) is 11.8 Å². The molecular weight excluding hydrogens is 344 g/mol. The highest BCUT2D eigenvalue weighted by molar-refractivity contribution is 8.15. The number of amides is 3. The van der Waals surface area contributed by atoms with E-state index in [1.807, 2.05) is 18.2 Å². The number of hydrogen-bond acceptors (Lipinski definition) is 5. The molecule has 1 aromatic carbocycles. The molecule has 8 nitrogen and oxygen atoms in total. The van der Waals surface area contributed by atoms with Gasteiger partial charge < -0.3 is 5.32 Å². The normalized spacial score (nSPS) is 16.8. The lowest BCUT2D eigenvalue weighted by Crippen LogP contribution is -2.29. The van der Waals surface area contributed by atoms with E-state index in [0.29, 0.717) is 11.4 Å². The second kappa shape index (κ2) is 6.60. The van der Waals surface area contributed by atoms with Gasteiger partial charge >= 0.3 is 0 Å². The first-order valence-corrected chi connectivity index (χ1v) is 8.42. The molecule has 0 saturated carbocycles. The minimum atomic E-state index is -0.770. The monoisotopic (exact) mass is 360 g/mol. The number of carbonyl (C=O) groups excluding carboxylic acids is 3. The summed E-state index contributed by atoms with van der Waals surface area (Å²) >= 11 is 0.777. The molecule has 0 bridgehead atoms. The SMILES string of the molecule is Cc1c(NC(=O)CC2SC(=O)NC2=O)c(=O)n(-c2ccccc2)n1C. The van der Waals surface area contributed by atoms with E-state index < -0.39 is 22.3 Å². The molecule has 0 radical (unpaired) electrons. The van der Waals surface area contributed by atoms with Crippen molar-refractivity contribution >= 4 is 34.5 Å². The first kappa shape index (κ1) is 17.0. The molecule has 1 atom stereocenters. The van der Waals surface area contributed by atoms with Crippen molar-refractivity contribution in [2.45, 2.75) is 18.6 Å². The van der Waals surface area contributed by atoms with Gasteiger partial charge in [0, 0.05) is 13.5 Å². The van der Waals surface area contributed by atoms with Crippen LogP contribution in [0, 0.1) is 6.92 Å². The van der Waals surface area contributed by atoms with Crippen LogP contribution in [0.2, 0.25) is 0 Å². The Bertz CT molecular complexity index is 916. The molecule has 1 unspecified atom stereocenters. The molecule has 9 heteroatoms. The predicted molar refractivity (Wildman–Crippen MR) is 93.9 cm³/mol. The Balaban J connectivity index is 1.84. The van der Waals surface area contributed by atoms with Crippen molar-refractivity contribution in [1.29, 1.82) is 0 Å². The summed E-state index contributed by atoms with van der Waals surface area (Å²) in [7, 11) is 1.72. The zero-order valence-corrected chi connectivity index (χ0v) is 14.4. The number of carbonyl (C=O) groups is 3. The van der Waals surface area contributed by atoms with Gasteiger partial charge in [-0.2, -0.15) is 0 Å². The van der Waals surface area contributed by atoms with Crippen LogP contribution in [0.1, 0.15) is 12.1 Å². The summed E-state index contributed by atoms with van der Waals surface area (Å²) in [6, 6.07) is 9.05. The van der Waals surface area contributed by atoms with Gasteiger partial charge in [-0.05, 0) is 19.1 Å². The second-order valence-corrected chi connectivity index (χ2v) is 6.75. The van der Waals surface area contributed by atoms with E-state index in [4.69, 9.17) is 0 Å². The average molecular weight is 360 g/mol. The molecule has 3 amide bonds. The number of nitrogens with one attached hydrogen (secondary N) is 2. The average Bonchev–Trinajstić information content (AvgIpc) is 2.99. The third-order valence-electron chi connectivity index (χ3n) is 3.96. The quantitative estimate of drug-likeness (QED) is 0.852. The maximum absolute atomic E-state index is 12.7. The molecule has 1 aliphatic heterocycles. The number of imide groups is 1. The van der Waals surface area contributed by atoms with E-state index in [2.05, 4.69) is 10.6 Å². The summed E-state index contributed by atoms with van der Waals surface area (Å²) in [6.07, 6.45) is -0.179. The van der Waals surface area contributed by atoms with Crippen LogP contribution in [0.5, 0.6) is 0 Å². The van der Waals surface area contributed by atoms with Crippen molar-refractivity contribution in [3.8, 4) is 5.69 Å². The second-order valence-electron chi connectivity index (χ2n) is 5.57. The Morgan fingerprint density at radius 1 is 1.24 bits per heavy atom. The third-order valence-corrected chi connectivity index (χ3v) is 4.94. The lowest BCUT2D eigenvalue weighted by atomic mass is 10.2. The Labute approximate surface area is 147 Å². The van der Waals surface area contributed by atoms with Crippen LogP contribution in [0.15, 0.2) is 35.1 Å². The fourth-order valence-corrected chi connectivity index (χ4v) is 3.42. The first-order valence-electron chi connectivity index (χ1n) is 7.54. The van der Waals surface area contributed by atoms with Crippen molar-refractivity contribution in [3.63, 3.8) is 0 Å². The summed E-state index contributed by atoms with van der Waals surface area (Å²) in [5.41, 5.74) is 1.06. The number of anilines is 1. The van der Waals surface area contributed by atoms with E-state index in [-0.39, 0.29) is 17.7 Å². The van der Waals surface area contributed by atoms with Crippen LogP contribution in [-0.2, 0) is 16.6 Å². The minimum Gasteiger partial charge on any atom is -0.320 e. The molecule has 25 heavy (non-hydrogen) atoms.